The zero-order valence-corrected chi connectivity index (χ0v) is 13.6. The van der Waals surface area contributed by atoms with Crippen molar-refractivity contribution in [1.29, 1.82) is 0 Å². The van der Waals surface area contributed by atoms with Crippen LogP contribution in [0.5, 0.6) is 0 Å². The van der Waals surface area contributed by atoms with Crippen LogP contribution >= 0.6 is 15.9 Å². The van der Waals surface area contributed by atoms with E-state index in [1.54, 1.807) is 7.05 Å². The lowest BCUT2D eigenvalue weighted by molar-refractivity contribution is -0.128. The van der Waals surface area contributed by atoms with Crippen molar-refractivity contribution < 1.29 is 4.79 Å². The lowest BCUT2D eigenvalue weighted by atomic mass is 9.92. The summed E-state index contributed by atoms with van der Waals surface area (Å²) in [5.74, 6) is 1.75. The molecule has 0 aliphatic rings. The molecule has 0 aliphatic carbocycles. The predicted molar refractivity (Wildman–Crippen MR) is 80.2 cm³/mol. The standard InChI is InChI=1S/C13H21BrN4O/c1-8(2)11-17-9(14)6-10(18-11)16-7-13(3,4)12(19)15-5/h6,8H,7H2,1-5H3,(H,15,19)(H,16,17,18). The van der Waals surface area contributed by atoms with Crippen LogP contribution in [-0.4, -0.2) is 29.5 Å². The molecule has 19 heavy (non-hydrogen) atoms. The van der Waals surface area contributed by atoms with Crippen LogP contribution < -0.4 is 10.6 Å². The third-order valence-corrected chi connectivity index (χ3v) is 3.19. The molecule has 0 saturated carbocycles. The summed E-state index contributed by atoms with van der Waals surface area (Å²) in [5, 5.41) is 5.86. The second-order valence-corrected chi connectivity index (χ2v) is 6.22. The van der Waals surface area contributed by atoms with Crippen LogP contribution in [0.4, 0.5) is 5.82 Å². The molecular weight excluding hydrogens is 308 g/mol. The number of rotatable bonds is 5. The van der Waals surface area contributed by atoms with Gasteiger partial charge in [0.05, 0.1) is 5.41 Å². The maximum absolute atomic E-state index is 11.7. The number of nitrogens with zero attached hydrogens (tertiary/aromatic N) is 2. The molecule has 5 nitrogen and oxygen atoms in total. The fraction of sp³-hybridized carbons (Fsp3) is 0.615. The fourth-order valence-corrected chi connectivity index (χ4v) is 1.91. The molecule has 0 aliphatic heterocycles. The number of carbonyl (C=O) groups excluding carboxylic acids is 1. The van der Waals surface area contributed by atoms with E-state index < -0.39 is 5.41 Å². The maximum atomic E-state index is 11.7. The molecular formula is C13H21BrN4O. The highest BCUT2D eigenvalue weighted by Crippen LogP contribution is 2.20. The van der Waals surface area contributed by atoms with Gasteiger partial charge in [-0.15, -0.1) is 0 Å². The number of aromatic nitrogens is 2. The zero-order valence-electron chi connectivity index (χ0n) is 12.0. The summed E-state index contributed by atoms with van der Waals surface area (Å²) in [6.45, 7) is 8.37. The molecule has 0 radical (unpaired) electrons. The van der Waals surface area contributed by atoms with Gasteiger partial charge in [-0.2, -0.15) is 0 Å². The van der Waals surface area contributed by atoms with Crippen molar-refractivity contribution in [3.63, 3.8) is 0 Å². The third kappa shape index (κ3) is 4.45. The minimum atomic E-state index is -0.496. The Balaban J connectivity index is 2.81. The molecule has 1 aromatic rings. The molecule has 1 rings (SSSR count). The Morgan fingerprint density at radius 2 is 2.05 bits per heavy atom. The molecule has 1 aromatic heterocycles. The van der Waals surface area contributed by atoms with Crippen LogP contribution in [0.25, 0.3) is 0 Å². The van der Waals surface area contributed by atoms with E-state index >= 15 is 0 Å². The summed E-state index contributed by atoms with van der Waals surface area (Å²) >= 11 is 3.37. The van der Waals surface area contributed by atoms with Gasteiger partial charge >= 0.3 is 0 Å². The average Bonchev–Trinajstić information content (AvgIpc) is 2.34. The number of anilines is 1. The van der Waals surface area contributed by atoms with Gasteiger partial charge in [0, 0.05) is 25.6 Å². The summed E-state index contributed by atoms with van der Waals surface area (Å²) in [6.07, 6.45) is 0. The number of nitrogens with one attached hydrogen (secondary N) is 2. The van der Waals surface area contributed by atoms with E-state index in [1.165, 1.54) is 0 Å². The van der Waals surface area contributed by atoms with Crippen molar-refractivity contribution in [3.8, 4) is 0 Å². The molecule has 0 spiro atoms. The molecule has 1 amide bonds. The number of hydrogen-bond acceptors (Lipinski definition) is 4. The third-order valence-electron chi connectivity index (χ3n) is 2.78. The highest BCUT2D eigenvalue weighted by atomic mass is 79.9. The van der Waals surface area contributed by atoms with Gasteiger partial charge in [-0.25, -0.2) is 9.97 Å². The van der Waals surface area contributed by atoms with Crippen LogP contribution in [0.3, 0.4) is 0 Å². The largest absolute Gasteiger partial charge is 0.369 e. The average molecular weight is 329 g/mol. The summed E-state index contributed by atoms with van der Waals surface area (Å²) in [7, 11) is 1.64. The summed E-state index contributed by atoms with van der Waals surface area (Å²) in [4.78, 5) is 20.5. The quantitative estimate of drug-likeness (QED) is 0.815. The number of halogens is 1. The van der Waals surface area contributed by atoms with Crippen LogP contribution in [0.2, 0.25) is 0 Å². The monoisotopic (exact) mass is 328 g/mol. The first-order chi connectivity index (χ1) is 8.76. The van der Waals surface area contributed by atoms with E-state index in [9.17, 15) is 4.79 Å². The van der Waals surface area contributed by atoms with Crippen molar-refractivity contribution in [2.75, 3.05) is 18.9 Å². The zero-order chi connectivity index (χ0) is 14.6. The highest BCUT2D eigenvalue weighted by molar-refractivity contribution is 9.10. The van der Waals surface area contributed by atoms with Crippen molar-refractivity contribution in [1.82, 2.24) is 15.3 Å². The molecule has 0 bridgehead atoms. The Morgan fingerprint density at radius 3 is 2.58 bits per heavy atom. The van der Waals surface area contributed by atoms with Crippen molar-refractivity contribution in [3.05, 3.63) is 16.5 Å². The minimum Gasteiger partial charge on any atom is -0.369 e. The first-order valence-electron chi connectivity index (χ1n) is 6.27. The molecule has 0 saturated heterocycles. The molecule has 0 fully saturated rings. The lowest BCUT2D eigenvalue weighted by Gasteiger charge is -2.23. The number of hydrogen-bond donors (Lipinski definition) is 2. The van der Waals surface area contributed by atoms with E-state index in [2.05, 4.69) is 36.5 Å². The van der Waals surface area contributed by atoms with Crippen molar-refractivity contribution >= 4 is 27.7 Å². The van der Waals surface area contributed by atoms with Crippen molar-refractivity contribution in [2.45, 2.75) is 33.6 Å². The predicted octanol–water partition coefficient (Wildman–Crippen LogP) is 2.55. The van der Waals surface area contributed by atoms with Crippen LogP contribution in [0.15, 0.2) is 10.7 Å². The van der Waals surface area contributed by atoms with Gasteiger partial charge in [0.2, 0.25) is 5.91 Å². The van der Waals surface area contributed by atoms with Gasteiger partial charge in [-0.1, -0.05) is 13.8 Å². The van der Waals surface area contributed by atoms with E-state index in [4.69, 9.17) is 0 Å². The van der Waals surface area contributed by atoms with Gasteiger partial charge in [0.25, 0.3) is 0 Å². The molecule has 6 heteroatoms. The summed E-state index contributed by atoms with van der Waals surface area (Å²) in [5.41, 5.74) is -0.496. The van der Waals surface area contributed by atoms with Gasteiger partial charge in [-0.05, 0) is 29.8 Å². The first kappa shape index (κ1) is 15.9. The minimum absolute atomic E-state index is 0.00259. The van der Waals surface area contributed by atoms with Gasteiger partial charge < -0.3 is 10.6 Å². The summed E-state index contributed by atoms with van der Waals surface area (Å²) in [6, 6.07) is 1.81. The Labute approximate surface area is 122 Å². The molecule has 0 unspecified atom stereocenters. The number of carbonyl (C=O) groups is 1. The second kappa shape index (κ2) is 6.32. The van der Waals surface area contributed by atoms with E-state index in [1.807, 2.05) is 33.8 Å². The Bertz CT molecular complexity index is 460. The summed E-state index contributed by atoms with van der Waals surface area (Å²) < 4.78 is 0.742. The highest BCUT2D eigenvalue weighted by Gasteiger charge is 2.26. The van der Waals surface area contributed by atoms with Crippen LogP contribution in [0, 0.1) is 5.41 Å². The molecule has 0 atom stereocenters. The van der Waals surface area contributed by atoms with Crippen LogP contribution in [-0.2, 0) is 4.79 Å². The Morgan fingerprint density at radius 1 is 1.42 bits per heavy atom. The molecule has 1 heterocycles. The maximum Gasteiger partial charge on any atom is 0.227 e. The second-order valence-electron chi connectivity index (χ2n) is 5.41. The SMILES string of the molecule is CNC(=O)C(C)(C)CNc1cc(Br)nc(C(C)C)n1. The number of amides is 1. The smallest absolute Gasteiger partial charge is 0.227 e. The molecule has 0 aromatic carbocycles. The molecule has 2 N–H and O–H groups in total. The van der Waals surface area contributed by atoms with Gasteiger partial charge in [-0.3, -0.25) is 4.79 Å². The molecule has 106 valence electrons. The Kier molecular flexibility index (Phi) is 5.29. The van der Waals surface area contributed by atoms with Gasteiger partial charge in [0.1, 0.15) is 16.2 Å². The first-order valence-corrected chi connectivity index (χ1v) is 7.06. The van der Waals surface area contributed by atoms with Crippen molar-refractivity contribution in [2.24, 2.45) is 5.41 Å². The Hall–Kier alpha value is -1.17. The normalized spacial score (nSPS) is 11.5. The van der Waals surface area contributed by atoms with E-state index in [0.29, 0.717) is 6.54 Å². The van der Waals surface area contributed by atoms with E-state index in [0.717, 1.165) is 16.2 Å². The van der Waals surface area contributed by atoms with Crippen LogP contribution in [0.1, 0.15) is 39.4 Å². The lowest BCUT2D eigenvalue weighted by Crippen LogP contribution is -2.39. The fourth-order valence-electron chi connectivity index (χ4n) is 1.51. The topological polar surface area (TPSA) is 66.9 Å². The van der Waals surface area contributed by atoms with E-state index in [-0.39, 0.29) is 11.8 Å². The van der Waals surface area contributed by atoms with Gasteiger partial charge in [0.15, 0.2) is 0 Å².